The molecule has 0 aromatic heterocycles. The number of piperazine rings is 1. The van der Waals surface area contributed by atoms with Crippen molar-refractivity contribution in [3.8, 4) is 0 Å². The molecule has 210 valence electrons. The minimum Gasteiger partial charge on any atom is -0.478 e. The van der Waals surface area contributed by atoms with Gasteiger partial charge < -0.3 is 25.3 Å². The van der Waals surface area contributed by atoms with Gasteiger partial charge in [-0.3, -0.25) is 4.90 Å². The average molecular weight is 624 g/mol. The summed E-state index contributed by atoms with van der Waals surface area (Å²) in [6.07, 6.45) is 2.23. The van der Waals surface area contributed by atoms with Crippen LogP contribution in [0.25, 0.3) is 0 Å². The summed E-state index contributed by atoms with van der Waals surface area (Å²) in [5, 5.41) is 31.2. The first-order valence-corrected chi connectivity index (χ1v) is 13.2. The van der Waals surface area contributed by atoms with Crippen LogP contribution in [0.4, 0.5) is 0 Å². The van der Waals surface area contributed by atoms with Gasteiger partial charge in [-0.15, -0.1) is 0 Å². The van der Waals surface area contributed by atoms with Crippen molar-refractivity contribution in [3.63, 3.8) is 0 Å². The third-order valence-corrected chi connectivity index (χ3v) is 6.81. The minimum absolute atomic E-state index is 0.437. The van der Waals surface area contributed by atoms with Crippen LogP contribution in [0.5, 0.6) is 0 Å². The summed E-state index contributed by atoms with van der Waals surface area (Å²) in [6.45, 7) is 6.92. The molecule has 1 saturated heterocycles. The Morgan fingerprint density at radius 2 is 1.26 bits per heavy atom. The van der Waals surface area contributed by atoms with E-state index in [-0.39, 0.29) is 0 Å². The van der Waals surface area contributed by atoms with Crippen LogP contribution in [-0.4, -0.2) is 87.3 Å². The van der Waals surface area contributed by atoms with E-state index in [9.17, 15) is 19.2 Å². The summed E-state index contributed by atoms with van der Waals surface area (Å²) in [5.41, 5.74) is 1.41. The van der Waals surface area contributed by atoms with E-state index in [0.717, 1.165) is 30.7 Å². The second-order valence-corrected chi connectivity index (χ2v) is 10.2. The van der Waals surface area contributed by atoms with Crippen LogP contribution >= 0.6 is 27.7 Å². The predicted molar refractivity (Wildman–Crippen MR) is 151 cm³/mol. The molecule has 10 nitrogen and oxygen atoms in total. The highest BCUT2D eigenvalue weighted by Gasteiger charge is 2.22. The lowest BCUT2D eigenvalue weighted by Gasteiger charge is -2.37. The summed E-state index contributed by atoms with van der Waals surface area (Å²) < 4.78 is 1.16. The van der Waals surface area contributed by atoms with Gasteiger partial charge in [0.15, 0.2) is 0 Å². The molecule has 0 radical (unpaired) electrons. The fraction of sp³-hybridized carbons (Fsp3) is 0.259. The Morgan fingerprint density at radius 1 is 0.795 bits per heavy atom. The van der Waals surface area contributed by atoms with Crippen molar-refractivity contribution in [1.29, 1.82) is 0 Å². The summed E-state index contributed by atoms with van der Waals surface area (Å²) >= 11 is 5.51. The van der Waals surface area contributed by atoms with E-state index in [1.54, 1.807) is 0 Å². The molecule has 0 bridgehead atoms. The maximum absolute atomic E-state index is 9.55. The standard InChI is InChI=1S/C19H23BrN2S.2C4H4O4/c1-15(22-12-10-21(2)11-13-22)18-14-16(20)8-9-19(18)23-17-6-4-3-5-7-17;2*5-3(6)1-2-4(7)8/h3-9,14-15H,10-13H2,1-2H3;2*1-2H,(H,5,6)(H,7,8)/b;2*2-1+. The number of likely N-dealkylation sites (N-methyl/N-ethyl adjacent to an activating group) is 1. The number of nitrogens with zero attached hydrogens (tertiary/aromatic N) is 2. The molecule has 1 atom stereocenters. The molecular weight excluding hydrogens is 592 g/mol. The first-order valence-electron chi connectivity index (χ1n) is 11.6. The van der Waals surface area contributed by atoms with Gasteiger partial charge in [0.25, 0.3) is 0 Å². The zero-order valence-electron chi connectivity index (χ0n) is 21.4. The maximum Gasteiger partial charge on any atom is 0.328 e. The number of benzene rings is 2. The normalized spacial score (nSPS) is 14.5. The second-order valence-electron chi connectivity index (χ2n) is 8.13. The van der Waals surface area contributed by atoms with Crippen molar-refractivity contribution in [2.24, 2.45) is 0 Å². The number of carboxylic acid groups (broad SMARTS) is 4. The number of halogens is 1. The SMILES string of the molecule is CC(c1cc(Br)ccc1Sc1ccccc1)N1CCN(C)CC1.O=C(O)/C=C/C(=O)O.O=C(O)/C=C/C(=O)O. The molecule has 39 heavy (non-hydrogen) atoms. The van der Waals surface area contributed by atoms with Gasteiger partial charge in [0.2, 0.25) is 0 Å². The van der Waals surface area contributed by atoms with Crippen LogP contribution in [0.1, 0.15) is 18.5 Å². The van der Waals surface area contributed by atoms with Crippen LogP contribution in [0.2, 0.25) is 0 Å². The number of hydrogen-bond acceptors (Lipinski definition) is 7. The van der Waals surface area contributed by atoms with Crippen LogP contribution in [0.3, 0.4) is 0 Å². The Labute approximate surface area is 239 Å². The monoisotopic (exact) mass is 622 g/mol. The molecule has 2 aromatic rings. The fourth-order valence-corrected chi connectivity index (χ4v) is 4.65. The van der Waals surface area contributed by atoms with E-state index in [1.165, 1.54) is 15.4 Å². The molecule has 0 saturated carbocycles. The maximum atomic E-state index is 9.55. The average Bonchev–Trinajstić information content (AvgIpc) is 2.89. The Morgan fingerprint density at radius 3 is 1.69 bits per heavy atom. The number of aliphatic carboxylic acids is 4. The van der Waals surface area contributed by atoms with Gasteiger partial charge in [-0.1, -0.05) is 45.9 Å². The molecule has 12 heteroatoms. The highest BCUT2D eigenvalue weighted by Crippen LogP contribution is 2.37. The highest BCUT2D eigenvalue weighted by atomic mass is 79.9. The molecule has 1 fully saturated rings. The molecule has 0 amide bonds. The Kier molecular flexibility index (Phi) is 15.5. The number of hydrogen-bond donors (Lipinski definition) is 4. The van der Waals surface area contributed by atoms with Gasteiger partial charge in [0, 0.05) is 70.8 Å². The Bertz CT molecular complexity index is 1100. The van der Waals surface area contributed by atoms with E-state index in [1.807, 2.05) is 11.8 Å². The van der Waals surface area contributed by atoms with Crippen LogP contribution in [-0.2, 0) is 19.2 Å². The van der Waals surface area contributed by atoms with Crippen LogP contribution < -0.4 is 0 Å². The second kappa shape index (κ2) is 17.9. The summed E-state index contributed by atoms with van der Waals surface area (Å²) in [7, 11) is 2.21. The molecule has 1 aliphatic heterocycles. The first-order chi connectivity index (χ1) is 18.4. The molecule has 0 aliphatic carbocycles. The van der Waals surface area contributed by atoms with Gasteiger partial charge in [0.05, 0.1) is 0 Å². The largest absolute Gasteiger partial charge is 0.478 e. The number of carbonyl (C=O) groups is 4. The molecule has 1 heterocycles. The quantitative estimate of drug-likeness (QED) is 0.311. The molecular formula is C27H31BrN2O8S. The molecule has 4 N–H and O–H groups in total. The molecule has 0 spiro atoms. The van der Waals surface area contributed by atoms with Crippen molar-refractivity contribution >= 4 is 51.6 Å². The van der Waals surface area contributed by atoms with Gasteiger partial charge in [-0.25, -0.2) is 19.2 Å². The van der Waals surface area contributed by atoms with Crippen molar-refractivity contribution in [1.82, 2.24) is 9.80 Å². The molecule has 2 aromatic carbocycles. The van der Waals surface area contributed by atoms with Gasteiger partial charge in [-0.2, -0.15) is 0 Å². The predicted octanol–water partition coefficient (Wildman–Crippen LogP) is 4.33. The third-order valence-electron chi connectivity index (χ3n) is 5.22. The highest BCUT2D eigenvalue weighted by molar-refractivity contribution is 9.10. The van der Waals surface area contributed by atoms with E-state index in [2.05, 4.69) is 88.2 Å². The zero-order valence-corrected chi connectivity index (χ0v) is 23.8. The van der Waals surface area contributed by atoms with Crippen molar-refractivity contribution < 1.29 is 39.6 Å². The van der Waals surface area contributed by atoms with Crippen molar-refractivity contribution in [3.05, 3.63) is 82.9 Å². The molecule has 3 rings (SSSR count). The molecule has 1 unspecified atom stereocenters. The zero-order chi connectivity index (χ0) is 29.4. The minimum atomic E-state index is -1.26. The van der Waals surface area contributed by atoms with Crippen LogP contribution in [0, 0.1) is 0 Å². The molecule has 1 aliphatic rings. The summed E-state index contributed by atoms with van der Waals surface area (Å²) in [5.74, 6) is -5.03. The van der Waals surface area contributed by atoms with E-state index in [4.69, 9.17) is 20.4 Å². The lowest BCUT2D eigenvalue weighted by molar-refractivity contribution is -0.134. The topological polar surface area (TPSA) is 156 Å². The van der Waals surface area contributed by atoms with Crippen molar-refractivity contribution in [2.45, 2.75) is 22.8 Å². The first kappa shape index (κ1) is 33.6. The number of carboxylic acids is 4. The van der Waals surface area contributed by atoms with E-state index >= 15 is 0 Å². The van der Waals surface area contributed by atoms with Crippen molar-refractivity contribution in [2.75, 3.05) is 33.2 Å². The summed E-state index contributed by atoms with van der Waals surface area (Å²) in [6, 6.07) is 17.7. The van der Waals surface area contributed by atoms with E-state index in [0.29, 0.717) is 30.3 Å². The lowest BCUT2D eigenvalue weighted by Crippen LogP contribution is -2.45. The lowest BCUT2D eigenvalue weighted by atomic mass is 10.1. The smallest absolute Gasteiger partial charge is 0.328 e. The fourth-order valence-electron chi connectivity index (χ4n) is 3.25. The Hall–Kier alpha value is -3.45. The van der Waals surface area contributed by atoms with Crippen LogP contribution in [0.15, 0.2) is 87.1 Å². The van der Waals surface area contributed by atoms with Gasteiger partial charge in [-0.05, 0) is 49.9 Å². The van der Waals surface area contributed by atoms with E-state index < -0.39 is 23.9 Å². The van der Waals surface area contributed by atoms with Gasteiger partial charge in [0.1, 0.15) is 0 Å². The number of rotatable bonds is 8. The Balaban J connectivity index is 0.000000393. The van der Waals surface area contributed by atoms with Gasteiger partial charge >= 0.3 is 23.9 Å². The summed E-state index contributed by atoms with van der Waals surface area (Å²) in [4.78, 5) is 45.9. The third kappa shape index (κ3) is 14.9.